The molecular weight excluding hydrogens is 1900 g/mol. The Morgan fingerprint density at radius 2 is 0.424 bits per heavy atom. The minimum absolute atomic E-state index is 0.0180. The monoisotopic (exact) mass is 2040 g/mol. The molecule has 0 heterocycles. The van der Waals surface area contributed by atoms with Gasteiger partial charge < -0.3 is 267 Å². The molecule has 32 unspecified atom stereocenters. The van der Waals surface area contributed by atoms with Crippen LogP contribution in [0.4, 0.5) is 0 Å². The summed E-state index contributed by atoms with van der Waals surface area (Å²) in [5.74, 6) is -10.4. The molecule has 64 nitrogen and oxygen atoms in total. The molecule has 0 aliphatic heterocycles. The van der Waals surface area contributed by atoms with Gasteiger partial charge in [0.05, 0.1) is 109 Å². The maximum absolute atomic E-state index is 13.9. The van der Waals surface area contributed by atoms with Crippen molar-refractivity contribution in [1.29, 1.82) is 0 Å². The number of amides is 10. The van der Waals surface area contributed by atoms with E-state index >= 15 is 0 Å². The third-order valence-corrected chi connectivity index (χ3v) is 21.2. The lowest BCUT2D eigenvalue weighted by Crippen LogP contribution is -2.54. The van der Waals surface area contributed by atoms with E-state index < -0.39 is 424 Å². The van der Waals surface area contributed by atoms with Crippen molar-refractivity contribution in [2.45, 2.75) is 214 Å². The summed E-state index contributed by atoms with van der Waals surface area (Å²) in [4.78, 5) is 136. The van der Waals surface area contributed by atoms with E-state index in [-0.39, 0.29) is 32.6 Å². The third kappa shape index (κ3) is 49.4. The van der Waals surface area contributed by atoms with Gasteiger partial charge in [0.1, 0.15) is 146 Å². The van der Waals surface area contributed by atoms with Crippen molar-refractivity contribution in [2.75, 3.05) is 198 Å². The molecule has 64 heteroatoms. The van der Waals surface area contributed by atoms with Gasteiger partial charge in [0.25, 0.3) is 23.6 Å². The number of carbonyl (C=O) groups excluding carboxylic acids is 10. The molecule has 10 amide bonds. The van der Waals surface area contributed by atoms with Gasteiger partial charge in [-0.25, -0.2) is 0 Å². The Kier molecular flexibility index (Phi) is 68.8. The topological polar surface area (TPSA) is 1100 Å². The van der Waals surface area contributed by atoms with E-state index in [0.717, 1.165) is 9.80 Å². The molecule has 0 spiro atoms. The minimum Gasteiger partial charge on any atom is -0.394 e. The molecule has 0 radical (unpaired) electrons. The van der Waals surface area contributed by atoms with Gasteiger partial charge in [-0.05, 0) is 20.5 Å². The standard InChI is InChI=1S/C38H73N7O26.C37H75N7O24/c1-39-16(38(71)45(10-6-42-36(69)32(65)28(61)24(57)19(52)14-48)11-7-43-37(70)33(66)29(62)25(58)20(53)15-49)2-3-21(54)44(8-4-40-34(67)30(63)26(59)22(55)17(50)12-46)9-5-41-35(68)31(64)27(60)23(56)18(51)13-47;1-42(2-4-43(10-26(57)38-6-18(49)30(61)34(65)22(53)14-45)11-27(58)39-7-19(50)31(62)35(66)23(54)15-46)3-5-44(12-28(59)40-8-20(51)32(63)36(67)24(55)16-47)13-29(60)41-9-21(52)33(64)37(68)25(56)17-48/h16-20,22-33,39,46-53,55-66H,2-15H2,1H3,(H,40,67)(H,41,68)(H,42,69)(H,43,70);18-25,30-37,45-56,61-68H,2-17H2,1H3,(H,38,57)(H,39,58)(H,40,59)(H,41,60)/t16-,17?,18?,19?,20?,22?,23?,24?,25?,26?,27?,28?,29?,30?,31?,32?,33?;/m0./s1. The van der Waals surface area contributed by atoms with Crippen molar-refractivity contribution in [2.24, 2.45) is 0 Å². The number of hydrogen-bond donors (Lipinski definition) is 49. The van der Waals surface area contributed by atoms with E-state index in [0.29, 0.717) is 0 Å². The summed E-state index contributed by atoms with van der Waals surface area (Å²) >= 11 is 0. The second kappa shape index (κ2) is 71.4. The molecule has 818 valence electrons. The summed E-state index contributed by atoms with van der Waals surface area (Å²) < 4.78 is 0. The van der Waals surface area contributed by atoms with Gasteiger partial charge in [-0.15, -0.1) is 0 Å². The van der Waals surface area contributed by atoms with Crippen LogP contribution in [0.5, 0.6) is 0 Å². The zero-order valence-electron chi connectivity index (χ0n) is 76.0. The molecule has 0 aliphatic carbocycles. The highest BCUT2D eigenvalue weighted by molar-refractivity contribution is 5.86. The molecule has 49 N–H and O–H groups in total. The second-order valence-electron chi connectivity index (χ2n) is 32.1. The van der Waals surface area contributed by atoms with E-state index in [4.69, 9.17) is 40.9 Å². The molecule has 0 aromatic rings. The van der Waals surface area contributed by atoms with E-state index in [9.17, 15) is 211 Å². The van der Waals surface area contributed by atoms with Crippen LogP contribution >= 0.6 is 0 Å². The van der Waals surface area contributed by atoms with Crippen LogP contribution in [0.15, 0.2) is 0 Å². The van der Waals surface area contributed by atoms with Gasteiger partial charge in [0.2, 0.25) is 35.4 Å². The number of nitrogens with one attached hydrogen (secondary N) is 9. The minimum atomic E-state index is -2.38. The van der Waals surface area contributed by atoms with Crippen LogP contribution in [-0.2, 0) is 47.9 Å². The molecular formula is C75H148N14O50. The predicted molar refractivity (Wildman–Crippen MR) is 459 cm³/mol. The van der Waals surface area contributed by atoms with Crippen LogP contribution in [0.1, 0.15) is 12.8 Å². The molecule has 0 aromatic carbocycles. The van der Waals surface area contributed by atoms with Gasteiger partial charge in [0.15, 0.2) is 24.4 Å². The zero-order valence-corrected chi connectivity index (χ0v) is 76.0. The number of hydrogen-bond acceptors (Lipinski definition) is 54. The number of nitrogens with zero attached hydrogens (tertiary/aromatic N) is 5. The predicted octanol–water partition coefficient (Wildman–Crippen LogP) is -33.0. The number of aliphatic hydroxyl groups excluding tert-OH is 40. The largest absolute Gasteiger partial charge is 0.394 e. The Morgan fingerprint density at radius 3 is 0.619 bits per heavy atom. The quantitative estimate of drug-likeness (QED) is 0.0269. The fraction of sp³-hybridized carbons (Fsp3) is 0.867. The Hall–Kier alpha value is -7.06. The van der Waals surface area contributed by atoms with Crippen LogP contribution in [0.2, 0.25) is 0 Å². The number of likely N-dealkylation sites (N-methyl/N-ethyl adjacent to an activating group) is 2. The lowest BCUT2D eigenvalue weighted by molar-refractivity contribution is -0.149. The van der Waals surface area contributed by atoms with E-state index in [2.05, 4.69) is 47.9 Å². The molecule has 0 aliphatic rings. The summed E-state index contributed by atoms with van der Waals surface area (Å²) in [7, 11) is 2.82. The fourth-order valence-corrected chi connectivity index (χ4v) is 11.9. The molecule has 139 heavy (non-hydrogen) atoms. The van der Waals surface area contributed by atoms with Crippen LogP contribution in [0, 0.1) is 0 Å². The number of aliphatic hydroxyl groups is 40. The van der Waals surface area contributed by atoms with E-state index in [1.807, 2.05) is 0 Å². The Bertz CT molecular complexity index is 3160. The molecule has 33 atom stereocenters. The lowest BCUT2D eigenvalue weighted by atomic mass is 10.0. The molecule has 0 fully saturated rings. The zero-order chi connectivity index (χ0) is 107. The Balaban J connectivity index is 0. The van der Waals surface area contributed by atoms with Crippen molar-refractivity contribution < 1.29 is 252 Å². The fourth-order valence-electron chi connectivity index (χ4n) is 11.9. The van der Waals surface area contributed by atoms with Crippen LogP contribution < -0.4 is 47.9 Å². The summed E-state index contributed by atoms with van der Waals surface area (Å²) in [6, 6.07) is -1.31. The highest BCUT2D eigenvalue weighted by Crippen LogP contribution is 2.15. The van der Waals surface area contributed by atoms with Gasteiger partial charge in [-0.2, -0.15) is 0 Å². The van der Waals surface area contributed by atoms with Crippen molar-refractivity contribution in [1.82, 2.24) is 72.4 Å². The number of carbonyl (C=O) groups is 10. The van der Waals surface area contributed by atoms with Crippen molar-refractivity contribution in [3.05, 3.63) is 0 Å². The van der Waals surface area contributed by atoms with Crippen LogP contribution in [0.25, 0.3) is 0 Å². The second-order valence-corrected chi connectivity index (χ2v) is 32.1. The highest BCUT2D eigenvalue weighted by atomic mass is 16.5. The SMILES string of the molecule is CN(CCN(CC(=O)NCC(O)C(O)C(O)C(O)CO)CC(=O)NCC(O)C(O)C(O)C(O)CO)CCN(CC(=O)NCC(O)C(O)C(O)C(O)CO)CC(=O)NCC(O)C(O)C(O)C(O)CO.CN[C@@H](CCC(=O)N(CCNC(=O)C(O)C(O)C(O)C(O)CO)CCNC(=O)C(O)C(O)C(O)C(O)CO)C(=O)N(CCNC(=O)C(O)C(O)C(O)C(O)CO)CCNC(=O)C(O)C(O)C(O)C(O)CO. The van der Waals surface area contributed by atoms with Gasteiger partial charge in [-0.1, -0.05) is 0 Å². The van der Waals surface area contributed by atoms with Gasteiger partial charge in [-0.3, -0.25) is 57.7 Å². The third-order valence-electron chi connectivity index (χ3n) is 21.2. The Labute approximate surface area is 793 Å². The van der Waals surface area contributed by atoms with E-state index in [1.165, 1.54) is 23.9 Å². The summed E-state index contributed by atoms with van der Waals surface area (Å²) in [6.45, 7) is -17.3. The highest BCUT2D eigenvalue weighted by Gasteiger charge is 2.42. The summed E-state index contributed by atoms with van der Waals surface area (Å²) in [6.07, 6.45) is -66.9. The number of rotatable bonds is 75. The maximum atomic E-state index is 13.9. The van der Waals surface area contributed by atoms with Crippen LogP contribution in [-0.4, -0.2) is 687 Å². The normalized spacial score (nSPS) is 19.1. The Morgan fingerprint density at radius 1 is 0.237 bits per heavy atom. The first kappa shape index (κ1) is 134. The molecule has 0 saturated carbocycles. The summed E-state index contributed by atoms with van der Waals surface area (Å²) in [5.41, 5.74) is 0. The first-order chi connectivity index (χ1) is 64.9. The first-order valence-electron chi connectivity index (χ1n) is 43.2. The van der Waals surface area contributed by atoms with Crippen molar-refractivity contribution in [3.63, 3.8) is 0 Å². The molecule has 0 rings (SSSR count). The van der Waals surface area contributed by atoms with Gasteiger partial charge in [0, 0.05) is 111 Å². The van der Waals surface area contributed by atoms with Crippen molar-refractivity contribution in [3.8, 4) is 0 Å². The average Bonchev–Trinajstić information content (AvgIpc) is 0.890. The molecule has 0 aromatic heterocycles. The maximum Gasteiger partial charge on any atom is 0.251 e. The first-order valence-corrected chi connectivity index (χ1v) is 43.2. The smallest absolute Gasteiger partial charge is 0.251 e. The van der Waals surface area contributed by atoms with Crippen LogP contribution in [0.3, 0.4) is 0 Å². The lowest BCUT2D eigenvalue weighted by Gasteiger charge is -2.30. The van der Waals surface area contributed by atoms with E-state index in [1.54, 1.807) is 4.90 Å². The molecule has 0 bridgehead atoms. The average molecular weight is 2050 g/mol. The van der Waals surface area contributed by atoms with Gasteiger partial charge >= 0.3 is 0 Å². The molecule has 0 saturated heterocycles. The van der Waals surface area contributed by atoms with Crippen molar-refractivity contribution >= 4 is 59.1 Å². The summed E-state index contributed by atoms with van der Waals surface area (Å²) in [5, 5.41) is 410.